The van der Waals surface area contributed by atoms with E-state index >= 15 is 0 Å². The number of aryl methyl sites for hydroxylation is 1. The molecule has 1 aliphatic rings. The van der Waals surface area contributed by atoms with E-state index in [0.29, 0.717) is 17.3 Å². The predicted octanol–water partition coefficient (Wildman–Crippen LogP) is 4.48. The molecule has 0 saturated carbocycles. The van der Waals surface area contributed by atoms with Gasteiger partial charge in [0.1, 0.15) is 11.8 Å². The number of hydrogen-bond donors (Lipinski definition) is 4. The first-order valence-corrected chi connectivity index (χ1v) is 15.0. The first-order chi connectivity index (χ1) is 20.8. The fourth-order valence-electron chi connectivity index (χ4n) is 5.29. The molecule has 4 rings (SSSR count). The molecule has 1 aliphatic heterocycles. The topological polar surface area (TPSA) is 130 Å². The number of ether oxygens (including phenoxy) is 1. The van der Waals surface area contributed by atoms with Crippen molar-refractivity contribution < 1.29 is 9.53 Å². The number of alkyl carbamates (subject to hydrolysis) is 1. The van der Waals surface area contributed by atoms with E-state index in [4.69, 9.17) is 15.5 Å². The smallest absolute Gasteiger partial charge is 0.407 e. The minimum Gasteiger partial charge on any atom is -0.444 e. The molecule has 1 fully saturated rings. The SMILES string of the molecule is C=C(N)NC(C)N(c1ccc(CN2CCC(NC(=O)OC(C)(C)C)CC2)cc1)c1nc(-c2ccn(C)c(=O)c2)ccc1NC. The molecule has 1 saturated heterocycles. The van der Waals surface area contributed by atoms with Crippen molar-refractivity contribution in [2.75, 3.05) is 30.4 Å². The van der Waals surface area contributed by atoms with Gasteiger partial charge in [0, 0.05) is 63.3 Å². The normalized spacial score (nSPS) is 14.9. The van der Waals surface area contributed by atoms with Gasteiger partial charge in [0.15, 0.2) is 5.82 Å². The Morgan fingerprint density at radius 2 is 1.84 bits per heavy atom. The summed E-state index contributed by atoms with van der Waals surface area (Å²) in [5, 5.41) is 9.48. The lowest BCUT2D eigenvalue weighted by atomic mass is 10.0. The van der Waals surface area contributed by atoms with E-state index in [1.165, 1.54) is 10.1 Å². The molecule has 1 aromatic carbocycles. The lowest BCUT2D eigenvalue weighted by Crippen LogP contribution is -2.45. The van der Waals surface area contributed by atoms with Crippen molar-refractivity contribution in [1.82, 2.24) is 25.1 Å². The third kappa shape index (κ3) is 8.53. The molecular weight excluding hydrogens is 556 g/mol. The van der Waals surface area contributed by atoms with Gasteiger partial charge in [0.05, 0.1) is 17.2 Å². The average Bonchev–Trinajstić information content (AvgIpc) is 2.95. The van der Waals surface area contributed by atoms with Gasteiger partial charge in [-0.15, -0.1) is 0 Å². The number of nitrogens with two attached hydrogens (primary N) is 1. The van der Waals surface area contributed by atoms with E-state index in [-0.39, 0.29) is 23.9 Å². The van der Waals surface area contributed by atoms with Crippen molar-refractivity contribution in [3.05, 3.63) is 83.0 Å². The Labute approximate surface area is 260 Å². The lowest BCUT2D eigenvalue weighted by Gasteiger charge is -2.34. The van der Waals surface area contributed by atoms with Gasteiger partial charge in [0.25, 0.3) is 5.56 Å². The fraction of sp³-hybridized carbons (Fsp3) is 0.424. The predicted molar refractivity (Wildman–Crippen MR) is 177 cm³/mol. The van der Waals surface area contributed by atoms with Crippen molar-refractivity contribution in [2.45, 2.75) is 64.9 Å². The minimum absolute atomic E-state index is 0.103. The molecule has 0 bridgehead atoms. The Bertz CT molecular complexity index is 1500. The van der Waals surface area contributed by atoms with Gasteiger partial charge >= 0.3 is 6.09 Å². The number of hydrogen-bond acceptors (Lipinski definition) is 9. The molecule has 11 heteroatoms. The van der Waals surface area contributed by atoms with Gasteiger partial charge in [-0.05, 0) is 76.4 Å². The Balaban J connectivity index is 1.52. The number of nitrogens with zero attached hydrogens (tertiary/aromatic N) is 4. The molecular formula is C33H46N8O3. The molecule has 11 nitrogen and oxygen atoms in total. The summed E-state index contributed by atoms with van der Waals surface area (Å²) in [7, 11) is 3.57. The monoisotopic (exact) mass is 602 g/mol. The molecule has 2 aromatic heterocycles. The molecule has 1 unspecified atom stereocenters. The number of carbonyl (C=O) groups is 1. The van der Waals surface area contributed by atoms with Crippen LogP contribution in [0.3, 0.4) is 0 Å². The van der Waals surface area contributed by atoms with E-state index < -0.39 is 5.60 Å². The standard InChI is InChI=1S/C33H46N8O3/c1-22(34)36-23(2)41(31-29(35-6)13-12-28(38-31)25-14-17-39(7)30(42)20-25)27-10-8-24(9-11-27)21-40-18-15-26(16-19-40)37-32(43)44-33(3,4)5/h8-14,17,20,23,26,35-36H,1,15-16,18-19,21,34H2,2-7H3,(H,37,43). The number of benzene rings is 1. The molecule has 5 N–H and O–H groups in total. The van der Waals surface area contributed by atoms with Crippen LogP contribution >= 0.6 is 0 Å². The van der Waals surface area contributed by atoms with Gasteiger partial charge in [-0.3, -0.25) is 9.69 Å². The van der Waals surface area contributed by atoms with E-state index in [1.54, 1.807) is 19.3 Å². The minimum atomic E-state index is -0.506. The summed E-state index contributed by atoms with van der Waals surface area (Å²) in [5.74, 6) is 1.02. The van der Waals surface area contributed by atoms with E-state index in [2.05, 4.69) is 56.6 Å². The van der Waals surface area contributed by atoms with Gasteiger partial charge in [-0.1, -0.05) is 18.7 Å². The fourth-order valence-corrected chi connectivity index (χ4v) is 5.29. The zero-order chi connectivity index (χ0) is 32.0. The summed E-state index contributed by atoms with van der Waals surface area (Å²) in [4.78, 5) is 34.0. The Morgan fingerprint density at radius 1 is 1.16 bits per heavy atom. The summed E-state index contributed by atoms with van der Waals surface area (Å²) in [6.07, 6.45) is 2.85. The molecule has 0 radical (unpaired) electrons. The molecule has 3 aromatic rings. The largest absolute Gasteiger partial charge is 0.444 e. The van der Waals surface area contributed by atoms with Crippen molar-refractivity contribution in [3.63, 3.8) is 0 Å². The van der Waals surface area contributed by atoms with Gasteiger partial charge in [-0.2, -0.15) is 0 Å². The maximum Gasteiger partial charge on any atom is 0.407 e. The van der Waals surface area contributed by atoms with Crippen molar-refractivity contribution in [3.8, 4) is 11.3 Å². The van der Waals surface area contributed by atoms with Crippen LogP contribution in [0.15, 0.2) is 71.9 Å². The molecule has 44 heavy (non-hydrogen) atoms. The van der Waals surface area contributed by atoms with Gasteiger partial charge < -0.3 is 35.9 Å². The van der Waals surface area contributed by atoms with Crippen LogP contribution in [0.2, 0.25) is 0 Å². The number of likely N-dealkylation sites (tertiary alicyclic amines) is 1. The van der Waals surface area contributed by atoms with Crippen molar-refractivity contribution in [1.29, 1.82) is 0 Å². The van der Waals surface area contributed by atoms with Crippen LogP contribution < -0.4 is 32.1 Å². The van der Waals surface area contributed by atoms with Gasteiger partial charge in [-0.25, -0.2) is 9.78 Å². The van der Waals surface area contributed by atoms with Crippen LogP contribution in [0.5, 0.6) is 0 Å². The Kier molecular flexibility index (Phi) is 10.2. The number of carbonyl (C=O) groups excluding carboxylic acids is 1. The molecule has 236 valence electrons. The second kappa shape index (κ2) is 13.9. The number of nitrogens with one attached hydrogen (secondary N) is 3. The highest BCUT2D eigenvalue weighted by molar-refractivity contribution is 5.77. The van der Waals surface area contributed by atoms with E-state index in [9.17, 15) is 9.59 Å². The number of anilines is 3. The molecule has 3 heterocycles. The van der Waals surface area contributed by atoms with E-state index in [1.807, 2.05) is 52.9 Å². The third-order valence-corrected chi connectivity index (χ3v) is 7.48. The Morgan fingerprint density at radius 3 is 2.43 bits per heavy atom. The van der Waals surface area contributed by atoms with Crippen molar-refractivity contribution >= 4 is 23.3 Å². The number of aromatic nitrogens is 2. The number of pyridine rings is 2. The quantitative estimate of drug-likeness (QED) is 0.248. The van der Waals surface area contributed by atoms with Crippen LogP contribution in [0, 0.1) is 0 Å². The van der Waals surface area contributed by atoms with Crippen LogP contribution in [0.25, 0.3) is 11.3 Å². The maximum absolute atomic E-state index is 12.3. The van der Waals surface area contributed by atoms with Crippen LogP contribution in [0.4, 0.5) is 22.0 Å². The van der Waals surface area contributed by atoms with Crippen molar-refractivity contribution in [2.24, 2.45) is 12.8 Å². The highest BCUT2D eigenvalue weighted by Gasteiger charge is 2.25. The zero-order valence-electron chi connectivity index (χ0n) is 26.7. The number of rotatable bonds is 10. The summed E-state index contributed by atoms with van der Waals surface area (Å²) in [6.45, 7) is 14.0. The first kappa shape index (κ1) is 32.4. The highest BCUT2D eigenvalue weighted by Crippen LogP contribution is 2.34. The van der Waals surface area contributed by atoms with Crippen LogP contribution in [0.1, 0.15) is 46.1 Å². The Hall–Kier alpha value is -4.51. The van der Waals surface area contributed by atoms with Crippen LogP contribution in [-0.2, 0) is 18.3 Å². The first-order valence-electron chi connectivity index (χ1n) is 15.0. The second-order valence-electron chi connectivity index (χ2n) is 12.3. The van der Waals surface area contributed by atoms with Crippen LogP contribution in [-0.4, -0.2) is 58.5 Å². The maximum atomic E-state index is 12.3. The summed E-state index contributed by atoms with van der Waals surface area (Å²) in [6, 6.07) is 15.9. The highest BCUT2D eigenvalue weighted by atomic mass is 16.6. The molecule has 0 aliphatic carbocycles. The van der Waals surface area contributed by atoms with E-state index in [0.717, 1.165) is 49.4 Å². The summed E-state index contributed by atoms with van der Waals surface area (Å²) < 4.78 is 6.94. The number of amides is 1. The zero-order valence-corrected chi connectivity index (χ0v) is 26.7. The molecule has 1 atom stereocenters. The lowest BCUT2D eigenvalue weighted by molar-refractivity contribution is 0.0477. The second-order valence-corrected chi connectivity index (χ2v) is 12.3. The molecule has 1 amide bonds. The molecule has 0 spiro atoms. The number of piperidine rings is 1. The average molecular weight is 603 g/mol. The van der Waals surface area contributed by atoms with Gasteiger partial charge in [0.2, 0.25) is 0 Å². The summed E-state index contributed by atoms with van der Waals surface area (Å²) in [5.41, 5.74) is 9.69. The summed E-state index contributed by atoms with van der Waals surface area (Å²) >= 11 is 0. The third-order valence-electron chi connectivity index (χ3n) is 7.48.